The number of rotatable bonds is 3. The van der Waals surface area contributed by atoms with E-state index in [1.165, 1.54) is 29.3 Å². The maximum absolute atomic E-state index is 11.2. The summed E-state index contributed by atoms with van der Waals surface area (Å²) in [4.78, 5) is 11.2. The molecule has 0 N–H and O–H groups in total. The number of benzene rings is 1. The number of hydrogen-bond acceptors (Lipinski definition) is 2. The van der Waals surface area contributed by atoms with Crippen LogP contribution in [0.5, 0.6) is 0 Å². The van der Waals surface area contributed by atoms with Gasteiger partial charge in [-0.1, -0.05) is 18.2 Å². The summed E-state index contributed by atoms with van der Waals surface area (Å²) in [6.07, 6.45) is 1.17. The lowest BCUT2D eigenvalue weighted by molar-refractivity contribution is -0.140. The fourth-order valence-corrected chi connectivity index (χ4v) is 2.24. The molecule has 0 amide bonds. The van der Waals surface area contributed by atoms with Crippen molar-refractivity contribution >= 4 is 16.9 Å². The second-order valence-electron chi connectivity index (χ2n) is 4.22. The van der Waals surface area contributed by atoms with E-state index in [0.717, 1.165) is 6.42 Å². The van der Waals surface area contributed by atoms with Gasteiger partial charge < -0.3 is 9.30 Å². The highest BCUT2D eigenvalue weighted by atomic mass is 16.5. The molecule has 0 aliphatic rings. The number of methoxy groups -OCH3 is 1. The van der Waals surface area contributed by atoms with Crippen molar-refractivity contribution in [2.24, 2.45) is 7.05 Å². The van der Waals surface area contributed by atoms with Crippen LogP contribution in [0.4, 0.5) is 0 Å². The molecule has 1 aromatic heterocycles. The van der Waals surface area contributed by atoms with E-state index in [9.17, 15) is 4.79 Å². The van der Waals surface area contributed by atoms with Gasteiger partial charge in [0, 0.05) is 30.1 Å². The van der Waals surface area contributed by atoms with E-state index in [4.69, 9.17) is 0 Å². The van der Waals surface area contributed by atoms with Crippen molar-refractivity contribution in [3.05, 3.63) is 35.5 Å². The molecular weight excluding hydrogens is 214 g/mol. The lowest BCUT2D eigenvalue weighted by atomic mass is 10.1. The van der Waals surface area contributed by atoms with Gasteiger partial charge in [0.25, 0.3) is 0 Å². The van der Waals surface area contributed by atoms with Gasteiger partial charge in [0.05, 0.1) is 7.11 Å². The fraction of sp³-hybridized carbons (Fsp3) is 0.357. The maximum Gasteiger partial charge on any atom is 0.305 e. The summed E-state index contributed by atoms with van der Waals surface area (Å²) in [5, 5.41) is 1.23. The molecule has 0 aliphatic heterocycles. The monoisotopic (exact) mass is 231 g/mol. The Kier molecular flexibility index (Phi) is 3.18. The van der Waals surface area contributed by atoms with Gasteiger partial charge in [-0.25, -0.2) is 0 Å². The first kappa shape index (κ1) is 11.7. The number of hydrogen-bond donors (Lipinski definition) is 0. The van der Waals surface area contributed by atoms with Gasteiger partial charge in [-0.15, -0.1) is 0 Å². The van der Waals surface area contributed by atoms with E-state index < -0.39 is 0 Å². The molecular formula is C14H17NO2. The lowest BCUT2D eigenvalue weighted by Crippen LogP contribution is -2.02. The van der Waals surface area contributed by atoms with Gasteiger partial charge in [-0.2, -0.15) is 0 Å². The third-order valence-corrected chi connectivity index (χ3v) is 3.34. The van der Waals surface area contributed by atoms with E-state index in [0.29, 0.717) is 6.42 Å². The predicted octanol–water partition coefficient (Wildman–Crippen LogP) is 2.59. The van der Waals surface area contributed by atoms with Crippen molar-refractivity contribution in [2.75, 3.05) is 7.11 Å². The molecule has 3 heteroatoms. The van der Waals surface area contributed by atoms with E-state index in [1.54, 1.807) is 0 Å². The molecule has 2 aromatic rings. The summed E-state index contributed by atoms with van der Waals surface area (Å²) in [5.41, 5.74) is 3.67. The molecule has 0 saturated heterocycles. The third-order valence-electron chi connectivity index (χ3n) is 3.34. The number of ether oxygens (including phenoxy) is 1. The number of para-hydroxylation sites is 1. The number of aryl methyl sites for hydroxylation is 2. The number of esters is 1. The Labute approximate surface area is 101 Å². The Morgan fingerprint density at radius 2 is 2.06 bits per heavy atom. The molecule has 0 aliphatic carbocycles. The highest BCUT2D eigenvalue weighted by Gasteiger charge is 2.12. The minimum atomic E-state index is -0.155. The molecule has 0 radical (unpaired) electrons. The highest BCUT2D eigenvalue weighted by Crippen LogP contribution is 2.25. The zero-order valence-corrected chi connectivity index (χ0v) is 10.5. The van der Waals surface area contributed by atoms with E-state index >= 15 is 0 Å². The van der Waals surface area contributed by atoms with Crippen LogP contribution in [0.25, 0.3) is 10.9 Å². The lowest BCUT2D eigenvalue weighted by Gasteiger charge is -2.01. The molecule has 90 valence electrons. The summed E-state index contributed by atoms with van der Waals surface area (Å²) < 4.78 is 6.85. The Bertz CT molecular complexity index is 555. The quantitative estimate of drug-likeness (QED) is 0.760. The molecule has 0 saturated carbocycles. The minimum Gasteiger partial charge on any atom is -0.469 e. The average molecular weight is 231 g/mol. The van der Waals surface area contributed by atoms with Crippen LogP contribution in [0.15, 0.2) is 24.3 Å². The predicted molar refractivity (Wildman–Crippen MR) is 68.0 cm³/mol. The molecule has 0 atom stereocenters. The topological polar surface area (TPSA) is 31.2 Å². The summed E-state index contributed by atoms with van der Waals surface area (Å²) in [6.45, 7) is 2.09. The molecule has 2 rings (SSSR count). The van der Waals surface area contributed by atoms with Crippen LogP contribution in [0, 0.1) is 6.92 Å². The van der Waals surface area contributed by atoms with Crippen molar-refractivity contribution in [2.45, 2.75) is 19.8 Å². The zero-order chi connectivity index (χ0) is 12.4. The van der Waals surface area contributed by atoms with E-state index in [1.807, 2.05) is 12.1 Å². The standard InChI is InChI=1S/C14H17NO2/c1-10-11(8-9-14(16)17-3)12-6-4-5-7-13(12)15(10)2/h4-7H,8-9H2,1-3H3. The van der Waals surface area contributed by atoms with Gasteiger partial charge in [-0.05, 0) is 25.0 Å². The smallest absolute Gasteiger partial charge is 0.305 e. The SMILES string of the molecule is COC(=O)CCc1c(C)n(C)c2ccccc12. The third kappa shape index (κ3) is 2.05. The van der Waals surface area contributed by atoms with Crippen LogP contribution in [-0.4, -0.2) is 17.6 Å². The Balaban J connectivity index is 2.39. The highest BCUT2D eigenvalue weighted by molar-refractivity contribution is 5.86. The fourth-order valence-electron chi connectivity index (χ4n) is 2.24. The minimum absolute atomic E-state index is 0.155. The number of fused-ring (bicyclic) bond motifs is 1. The molecule has 1 heterocycles. The van der Waals surface area contributed by atoms with Crippen LogP contribution in [0.1, 0.15) is 17.7 Å². The van der Waals surface area contributed by atoms with Crippen molar-refractivity contribution in [3.8, 4) is 0 Å². The number of carbonyl (C=O) groups is 1. The van der Waals surface area contributed by atoms with Crippen molar-refractivity contribution in [1.29, 1.82) is 0 Å². The summed E-state index contributed by atoms with van der Waals surface area (Å²) in [7, 11) is 3.48. The molecule has 1 aromatic carbocycles. The molecule has 0 bridgehead atoms. The summed E-state index contributed by atoms with van der Waals surface area (Å²) in [6, 6.07) is 8.27. The van der Waals surface area contributed by atoms with Gasteiger partial charge in [0.1, 0.15) is 0 Å². The van der Waals surface area contributed by atoms with Crippen LogP contribution >= 0.6 is 0 Å². The normalized spacial score (nSPS) is 10.8. The molecule has 3 nitrogen and oxygen atoms in total. The van der Waals surface area contributed by atoms with Crippen molar-refractivity contribution < 1.29 is 9.53 Å². The van der Waals surface area contributed by atoms with Crippen LogP contribution in [0.2, 0.25) is 0 Å². The van der Waals surface area contributed by atoms with Crippen LogP contribution < -0.4 is 0 Å². The molecule has 0 fully saturated rings. The first-order chi connectivity index (χ1) is 8.15. The number of aromatic nitrogens is 1. The largest absolute Gasteiger partial charge is 0.469 e. The second-order valence-corrected chi connectivity index (χ2v) is 4.22. The van der Waals surface area contributed by atoms with Gasteiger partial charge >= 0.3 is 5.97 Å². The number of carbonyl (C=O) groups excluding carboxylic acids is 1. The molecule has 17 heavy (non-hydrogen) atoms. The molecule has 0 unspecified atom stereocenters. The Morgan fingerprint density at radius 1 is 1.35 bits per heavy atom. The second kappa shape index (κ2) is 4.62. The molecule has 0 spiro atoms. The van der Waals surface area contributed by atoms with Crippen LogP contribution in [0.3, 0.4) is 0 Å². The summed E-state index contributed by atoms with van der Waals surface area (Å²) in [5.74, 6) is -0.155. The Morgan fingerprint density at radius 3 is 2.76 bits per heavy atom. The maximum atomic E-state index is 11.2. The van der Waals surface area contributed by atoms with Crippen LogP contribution in [-0.2, 0) is 23.0 Å². The van der Waals surface area contributed by atoms with E-state index in [2.05, 4.69) is 35.4 Å². The first-order valence-electron chi connectivity index (χ1n) is 5.75. The van der Waals surface area contributed by atoms with Crippen molar-refractivity contribution in [3.63, 3.8) is 0 Å². The van der Waals surface area contributed by atoms with Crippen molar-refractivity contribution in [1.82, 2.24) is 4.57 Å². The number of nitrogens with zero attached hydrogens (tertiary/aromatic N) is 1. The Hall–Kier alpha value is -1.77. The summed E-state index contributed by atoms with van der Waals surface area (Å²) >= 11 is 0. The average Bonchev–Trinajstić information content (AvgIpc) is 2.60. The zero-order valence-electron chi connectivity index (χ0n) is 10.5. The van der Waals surface area contributed by atoms with Gasteiger partial charge in [0.2, 0.25) is 0 Å². The van der Waals surface area contributed by atoms with E-state index in [-0.39, 0.29) is 5.97 Å². The van der Waals surface area contributed by atoms with Gasteiger partial charge in [-0.3, -0.25) is 4.79 Å². The first-order valence-corrected chi connectivity index (χ1v) is 5.75. The van der Waals surface area contributed by atoms with Gasteiger partial charge in [0.15, 0.2) is 0 Å².